The van der Waals surface area contributed by atoms with Crippen molar-refractivity contribution in [1.82, 2.24) is 14.7 Å². The van der Waals surface area contributed by atoms with Gasteiger partial charge in [0.1, 0.15) is 12.4 Å². The van der Waals surface area contributed by atoms with Crippen molar-refractivity contribution in [3.05, 3.63) is 28.8 Å². The standard InChI is InChI=1S/C18H26ClN3O4/c1-20(2)17(24)22(13-14-12-15(23)6-7-16(14)19)10-11-26-18(25)21-8-4-3-5-9-21/h6-7,12,23H,3-5,8-11,13H2,1-2H3. The topological polar surface area (TPSA) is 73.3 Å². The van der Waals surface area contributed by atoms with Gasteiger partial charge in [-0.3, -0.25) is 0 Å². The molecule has 0 aromatic heterocycles. The number of phenolic OH excluding ortho intramolecular Hbond substituents is 1. The van der Waals surface area contributed by atoms with Crippen LogP contribution in [0, 0.1) is 0 Å². The van der Waals surface area contributed by atoms with E-state index in [1.807, 2.05) is 0 Å². The maximum atomic E-state index is 12.4. The number of carbonyl (C=O) groups is 2. The average Bonchev–Trinajstić information content (AvgIpc) is 2.63. The van der Waals surface area contributed by atoms with E-state index in [1.54, 1.807) is 25.1 Å². The molecule has 0 bridgehead atoms. The highest BCUT2D eigenvalue weighted by Gasteiger charge is 2.20. The number of rotatable bonds is 5. The highest BCUT2D eigenvalue weighted by atomic mass is 35.5. The number of hydrogen-bond donors (Lipinski definition) is 1. The van der Waals surface area contributed by atoms with Crippen molar-refractivity contribution in [2.24, 2.45) is 0 Å². The molecule has 144 valence electrons. The van der Waals surface area contributed by atoms with Gasteiger partial charge in [-0.05, 0) is 43.0 Å². The number of hydrogen-bond acceptors (Lipinski definition) is 4. The summed E-state index contributed by atoms with van der Waals surface area (Å²) in [6.07, 6.45) is 2.80. The molecule has 2 rings (SSSR count). The van der Waals surface area contributed by atoms with Crippen LogP contribution in [0.15, 0.2) is 18.2 Å². The predicted molar refractivity (Wildman–Crippen MR) is 99.4 cm³/mol. The lowest BCUT2D eigenvalue weighted by Gasteiger charge is -2.28. The van der Waals surface area contributed by atoms with E-state index in [2.05, 4.69) is 0 Å². The highest BCUT2D eigenvalue weighted by molar-refractivity contribution is 6.31. The number of halogens is 1. The summed E-state index contributed by atoms with van der Waals surface area (Å²) in [5, 5.41) is 10.1. The summed E-state index contributed by atoms with van der Waals surface area (Å²) >= 11 is 6.16. The van der Waals surface area contributed by atoms with Gasteiger partial charge in [-0.2, -0.15) is 0 Å². The molecular weight excluding hydrogens is 358 g/mol. The molecule has 1 aromatic rings. The molecule has 3 amide bonds. The molecular formula is C18H26ClN3O4. The second-order valence-corrected chi connectivity index (χ2v) is 6.94. The van der Waals surface area contributed by atoms with Gasteiger partial charge >= 0.3 is 12.1 Å². The van der Waals surface area contributed by atoms with Gasteiger partial charge in [0.2, 0.25) is 0 Å². The molecule has 26 heavy (non-hydrogen) atoms. The van der Waals surface area contributed by atoms with Gasteiger partial charge in [0.05, 0.1) is 6.54 Å². The van der Waals surface area contributed by atoms with Crippen LogP contribution in [-0.2, 0) is 11.3 Å². The third kappa shape index (κ3) is 5.69. The largest absolute Gasteiger partial charge is 0.508 e. The first-order valence-corrected chi connectivity index (χ1v) is 9.11. The fraction of sp³-hybridized carbons (Fsp3) is 0.556. The second-order valence-electron chi connectivity index (χ2n) is 6.54. The Morgan fingerprint density at radius 3 is 2.58 bits per heavy atom. The van der Waals surface area contributed by atoms with Crippen molar-refractivity contribution in [3.8, 4) is 5.75 Å². The van der Waals surface area contributed by atoms with E-state index in [9.17, 15) is 14.7 Å². The van der Waals surface area contributed by atoms with Crippen LogP contribution in [-0.4, -0.2) is 72.3 Å². The van der Waals surface area contributed by atoms with Crippen LogP contribution < -0.4 is 0 Å². The number of piperidine rings is 1. The summed E-state index contributed by atoms with van der Waals surface area (Å²) in [5.74, 6) is 0.0816. The Kier molecular flexibility index (Phi) is 7.38. The molecule has 0 spiro atoms. The van der Waals surface area contributed by atoms with Crippen molar-refractivity contribution in [2.45, 2.75) is 25.8 Å². The first-order chi connectivity index (χ1) is 12.4. The second kappa shape index (κ2) is 9.52. The average molecular weight is 384 g/mol. The van der Waals surface area contributed by atoms with Gasteiger partial charge in [-0.25, -0.2) is 9.59 Å². The number of carbonyl (C=O) groups excluding carboxylic acids is 2. The van der Waals surface area contributed by atoms with Crippen molar-refractivity contribution < 1.29 is 19.4 Å². The van der Waals surface area contributed by atoms with Crippen molar-refractivity contribution in [2.75, 3.05) is 40.3 Å². The summed E-state index contributed by atoms with van der Waals surface area (Å²) in [7, 11) is 3.30. The fourth-order valence-corrected chi connectivity index (χ4v) is 3.00. The summed E-state index contributed by atoms with van der Waals surface area (Å²) < 4.78 is 5.33. The number of nitrogens with zero attached hydrogens (tertiary/aromatic N) is 3. The maximum Gasteiger partial charge on any atom is 0.409 e. The van der Waals surface area contributed by atoms with Crippen LogP contribution in [0.5, 0.6) is 5.75 Å². The molecule has 1 heterocycles. The number of ether oxygens (including phenoxy) is 1. The Bertz CT molecular complexity index is 633. The number of likely N-dealkylation sites (tertiary alicyclic amines) is 1. The van der Waals surface area contributed by atoms with Gasteiger partial charge in [0.25, 0.3) is 0 Å². The Morgan fingerprint density at radius 1 is 1.23 bits per heavy atom. The number of amides is 3. The van der Waals surface area contributed by atoms with E-state index in [0.717, 1.165) is 32.4 Å². The van der Waals surface area contributed by atoms with Crippen molar-refractivity contribution >= 4 is 23.7 Å². The van der Waals surface area contributed by atoms with Gasteiger partial charge in [-0.15, -0.1) is 0 Å². The van der Waals surface area contributed by atoms with Crippen LogP contribution in [0.3, 0.4) is 0 Å². The molecule has 0 unspecified atom stereocenters. The maximum absolute atomic E-state index is 12.4. The van der Waals surface area contributed by atoms with Crippen molar-refractivity contribution in [1.29, 1.82) is 0 Å². The molecule has 7 nitrogen and oxygen atoms in total. The van der Waals surface area contributed by atoms with E-state index in [4.69, 9.17) is 16.3 Å². The van der Waals surface area contributed by atoms with Crippen LogP contribution in [0.2, 0.25) is 5.02 Å². The lowest BCUT2D eigenvalue weighted by Crippen LogP contribution is -2.42. The summed E-state index contributed by atoms with van der Waals surface area (Å²) in [5.41, 5.74) is 0.629. The third-order valence-electron chi connectivity index (χ3n) is 4.24. The Morgan fingerprint density at radius 2 is 1.92 bits per heavy atom. The number of aromatic hydroxyl groups is 1. The Balaban J connectivity index is 1.95. The fourth-order valence-electron chi connectivity index (χ4n) is 2.82. The molecule has 1 aliphatic rings. The Hall–Kier alpha value is -2.15. The van der Waals surface area contributed by atoms with Crippen LogP contribution in [0.25, 0.3) is 0 Å². The quantitative estimate of drug-likeness (QED) is 0.847. The van der Waals surface area contributed by atoms with E-state index in [0.29, 0.717) is 10.6 Å². The summed E-state index contributed by atoms with van der Waals surface area (Å²) in [6.45, 7) is 2.00. The zero-order chi connectivity index (χ0) is 19.1. The van der Waals surface area contributed by atoms with Crippen LogP contribution in [0.1, 0.15) is 24.8 Å². The molecule has 0 atom stereocenters. The molecule has 8 heteroatoms. The minimum absolute atomic E-state index is 0.0816. The van der Waals surface area contributed by atoms with E-state index >= 15 is 0 Å². The summed E-state index contributed by atoms with van der Waals surface area (Å²) in [4.78, 5) is 29.2. The molecule has 0 aliphatic carbocycles. The number of phenols is 1. The Labute approximate surface area is 159 Å². The lowest BCUT2D eigenvalue weighted by atomic mass is 10.1. The number of benzene rings is 1. The zero-order valence-electron chi connectivity index (χ0n) is 15.3. The molecule has 0 radical (unpaired) electrons. The summed E-state index contributed by atoms with van der Waals surface area (Å²) in [6, 6.07) is 4.38. The normalized spacial score (nSPS) is 14.0. The lowest BCUT2D eigenvalue weighted by molar-refractivity contribution is 0.0840. The number of urea groups is 1. The van der Waals surface area contributed by atoms with Gasteiger partial charge in [0.15, 0.2) is 0 Å². The zero-order valence-corrected chi connectivity index (χ0v) is 16.0. The highest BCUT2D eigenvalue weighted by Crippen LogP contribution is 2.23. The molecule has 0 saturated carbocycles. The van der Waals surface area contributed by atoms with Crippen LogP contribution in [0.4, 0.5) is 9.59 Å². The van der Waals surface area contributed by atoms with E-state index in [-0.39, 0.29) is 37.6 Å². The van der Waals surface area contributed by atoms with E-state index < -0.39 is 0 Å². The molecule has 1 aliphatic heterocycles. The van der Waals surface area contributed by atoms with E-state index in [1.165, 1.54) is 21.9 Å². The van der Waals surface area contributed by atoms with Gasteiger partial charge in [-0.1, -0.05) is 11.6 Å². The first kappa shape index (κ1) is 20.2. The monoisotopic (exact) mass is 383 g/mol. The van der Waals surface area contributed by atoms with Crippen LogP contribution >= 0.6 is 11.6 Å². The SMILES string of the molecule is CN(C)C(=O)N(CCOC(=O)N1CCCCC1)Cc1cc(O)ccc1Cl. The molecule has 1 aromatic carbocycles. The minimum Gasteiger partial charge on any atom is -0.508 e. The smallest absolute Gasteiger partial charge is 0.409 e. The molecule has 1 fully saturated rings. The minimum atomic E-state index is -0.336. The molecule has 1 saturated heterocycles. The predicted octanol–water partition coefficient (Wildman–Crippen LogP) is 3.15. The first-order valence-electron chi connectivity index (χ1n) is 8.74. The molecule has 1 N–H and O–H groups in total. The van der Waals surface area contributed by atoms with Gasteiger partial charge < -0.3 is 24.5 Å². The van der Waals surface area contributed by atoms with Crippen molar-refractivity contribution in [3.63, 3.8) is 0 Å². The van der Waals surface area contributed by atoms with Gasteiger partial charge in [0, 0.05) is 38.8 Å². The third-order valence-corrected chi connectivity index (χ3v) is 4.61.